The number of benzene rings is 2. The van der Waals surface area contributed by atoms with Crippen LogP contribution < -0.4 is 14.2 Å². The molecule has 0 N–H and O–H groups in total. The molecule has 0 saturated carbocycles. The van der Waals surface area contributed by atoms with Crippen molar-refractivity contribution >= 4 is 27.8 Å². The predicted octanol–water partition coefficient (Wildman–Crippen LogP) is 4.12. The van der Waals surface area contributed by atoms with Crippen LogP contribution in [0.25, 0.3) is 6.08 Å². The quantitative estimate of drug-likeness (QED) is 0.464. The fourth-order valence-corrected chi connectivity index (χ4v) is 4.56. The number of carbonyl (C=O) groups is 1. The van der Waals surface area contributed by atoms with E-state index in [1.807, 2.05) is 18.2 Å². The van der Waals surface area contributed by atoms with E-state index in [0.29, 0.717) is 43.6 Å². The molecule has 0 unspecified atom stereocenters. The van der Waals surface area contributed by atoms with E-state index in [-0.39, 0.29) is 18.3 Å². The molecule has 0 aromatic heterocycles. The van der Waals surface area contributed by atoms with Gasteiger partial charge in [-0.25, -0.2) is 0 Å². The molecule has 0 amide bonds. The Morgan fingerprint density at radius 1 is 1.23 bits per heavy atom. The monoisotopic (exact) mass is 487 g/mol. The normalized spacial score (nSPS) is 18.6. The van der Waals surface area contributed by atoms with Crippen LogP contribution in [0.2, 0.25) is 0 Å². The summed E-state index contributed by atoms with van der Waals surface area (Å²) in [6.45, 7) is 3.36. The molecular weight excluding hydrogens is 466 g/mol. The number of carbonyl (C=O) groups excluding carboxylic acids is 1. The number of rotatable bonds is 5. The van der Waals surface area contributed by atoms with Gasteiger partial charge in [0.15, 0.2) is 12.6 Å². The van der Waals surface area contributed by atoms with Crippen molar-refractivity contribution in [3.8, 4) is 17.2 Å². The second-order valence-electron chi connectivity index (χ2n) is 7.62. The Kier molecular flexibility index (Phi) is 5.71. The summed E-state index contributed by atoms with van der Waals surface area (Å²) in [5.41, 5.74) is 3.15. The molecule has 3 aliphatic rings. The number of Topliss-reactive ketones (excluding diaryl/α,β-unsaturated/α-hetero) is 1. The van der Waals surface area contributed by atoms with Gasteiger partial charge < -0.3 is 23.7 Å². The average molecular weight is 488 g/mol. The van der Waals surface area contributed by atoms with Crippen molar-refractivity contribution in [2.75, 3.05) is 33.8 Å². The Balaban J connectivity index is 1.45. The van der Waals surface area contributed by atoms with Crippen LogP contribution in [0.15, 0.2) is 34.5 Å². The molecule has 2 aromatic carbocycles. The van der Waals surface area contributed by atoms with Crippen molar-refractivity contribution in [3.63, 3.8) is 0 Å². The molecule has 3 aliphatic heterocycles. The van der Waals surface area contributed by atoms with Gasteiger partial charge in [0.05, 0.1) is 17.7 Å². The minimum absolute atomic E-state index is 0.143. The molecule has 0 radical (unpaired) electrons. The van der Waals surface area contributed by atoms with Crippen LogP contribution in [-0.2, 0) is 22.6 Å². The predicted molar refractivity (Wildman–Crippen MR) is 116 cm³/mol. The van der Waals surface area contributed by atoms with Gasteiger partial charge in [0.2, 0.25) is 5.78 Å². The zero-order valence-corrected chi connectivity index (χ0v) is 18.7. The van der Waals surface area contributed by atoms with Gasteiger partial charge in [0.25, 0.3) is 0 Å². The Hall–Kier alpha value is -2.39. The third-order valence-corrected chi connectivity index (χ3v) is 5.95. The fourth-order valence-electron chi connectivity index (χ4n) is 4.04. The number of ether oxygens (including phenoxy) is 5. The van der Waals surface area contributed by atoms with Gasteiger partial charge in [-0.15, -0.1) is 0 Å². The van der Waals surface area contributed by atoms with Gasteiger partial charge in [-0.3, -0.25) is 9.69 Å². The van der Waals surface area contributed by atoms with E-state index in [0.717, 1.165) is 39.9 Å². The molecule has 2 aromatic rings. The van der Waals surface area contributed by atoms with Gasteiger partial charge in [-0.2, -0.15) is 0 Å². The Bertz CT molecular complexity index is 1070. The van der Waals surface area contributed by atoms with Crippen molar-refractivity contribution in [2.24, 2.45) is 0 Å². The lowest BCUT2D eigenvalue weighted by molar-refractivity contribution is -0.0165. The molecule has 5 rings (SSSR count). The van der Waals surface area contributed by atoms with Crippen molar-refractivity contribution in [2.45, 2.75) is 19.6 Å². The molecule has 0 spiro atoms. The van der Waals surface area contributed by atoms with Crippen LogP contribution >= 0.6 is 15.9 Å². The van der Waals surface area contributed by atoms with Crippen molar-refractivity contribution < 1.29 is 28.5 Å². The highest BCUT2D eigenvalue weighted by Gasteiger charge is 2.34. The summed E-state index contributed by atoms with van der Waals surface area (Å²) in [4.78, 5) is 15.3. The molecule has 8 heteroatoms. The minimum atomic E-state index is -0.143. The van der Waals surface area contributed by atoms with E-state index in [2.05, 4.69) is 20.8 Å². The molecular formula is C23H22BrNO6. The van der Waals surface area contributed by atoms with Gasteiger partial charge in [0, 0.05) is 42.4 Å². The number of halogens is 1. The van der Waals surface area contributed by atoms with Crippen LogP contribution in [0, 0.1) is 0 Å². The first kappa shape index (κ1) is 20.5. The maximum atomic E-state index is 13.1. The number of hydrogen-bond donors (Lipinski definition) is 0. The first-order valence-corrected chi connectivity index (χ1v) is 10.9. The lowest BCUT2D eigenvalue weighted by Gasteiger charge is -2.29. The smallest absolute Gasteiger partial charge is 0.231 e. The summed E-state index contributed by atoms with van der Waals surface area (Å²) in [6, 6.07) is 7.49. The highest BCUT2D eigenvalue weighted by Crippen LogP contribution is 2.43. The van der Waals surface area contributed by atoms with E-state index in [9.17, 15) is 4.79 Å². The molecule has 31 heavy (non-hydrogen) atoms. The summed E-state index contributed by atoms with van der Waals surface area (Å²) in [6.07, 6.45) is 2.65. The van der Waals surface area contributed by atoms with E-state index >= 15 is 0 Å². The van der Waals surface area contributed by atoms with E-state index < -0.39 is 0 Å². The molecule has 0 fully saturated rings. The molecule has 0 saturated heterocycles. The fraction of sp³-hybridized carbons (Fsp3) is 0.348. The summed E-state index contributed by atoms with van der Waals surface area (Å²) < 4.78 is 29.1. The number of hydrogen-bond acceptors (Lipinski definition) is 7. The van der Waals surface area contributed by atoms with E-state index in [1.54, 1.807) is 19.3 Å². The summed E-state index contributed by atoms with van der Waals surface area (Å²) >= 11 is 3.52. The Labute approximate surface area is 188 Å². The largest absolute Gasteiger partial charge is 0.478 e. The SMILES string of the molecule is COCCCN1COc2ccc3c(c2C1)O/C(=C\c1cc(Br)cc2c1OCOC2)C3=O. The topological polar surface area (TPSA) is 66.5 Å². The van der Waals surface area contributed by atoms with Crippen LogP contribution in [-0.4, -0.2) is 44.5 Å². The maximum absolute atomic E-state index is 13.1. The highest BCUT2D eigenvalue weighted by molar-refractivity contribution is 9.10. The summed E-state index contributed by atoms with van der Waals surface area (Å²) in [5, 5.41) is 0. The van der Waals surface area contributed by atoms with Gasteiger partial charge >= 0.3 is 0 Å². The van der Waals surface area contributed by atoms with Crippen molar-refractivity contribution in [1.29, 1.82) is 0 Å². The Morgan fingerprint density at radius 3 is 3.00 bits per heavy atom. The van der Waals surface area contributed by atoms with Crippen molar-refractivity contribution in [1.82, 2.24) is 4.90 Å². The van der Waals surface area contributed by atoms with Crippen LogP contribution in [0.3, 0.4) is 0 Å². The highest BCUT2D eigenvalue weighted by atomic mass is 79.9. The van der Waals surface area contributed by atoms with Gasteiger partial charge in [-0.05, 0) is 36.8 Å². The van der Waals surface area contributed by atoms with E-state index in [4.69, 9.17) is 23.7 Å². The number of ketones is 1. The molecule has 0 atom stereocenters. The second-order valence-corrected chi connectivity index (χ2v) is 8.54. The standard InChI is InChI=1S/C23H22BrNO6/c1-27-6-2-5-25-10-18-19(29-12-25)4-3-17-21(26)20(31-23(17)18)9-14-7-16(24)8-15-11-28-13-30-22(14)15/h3-4,7-9H,2,5-6,10-13H2,1H3/b20-9-. The third-order valence-electron chi connectivity index (χ3n) is 5.50. The Morgan fingerprint density at radius 2 is 2.13 bits per heavy atom. The lowest BCUT2D eigenvalue weighted by atomic mass is 10.0. The zero-order valence-electron chi connectivity index (χ0n) is 17.1. The average Bonchev–Trinajstić information content (AvgIpc) is 3.09. The van der Waals surface area contributed by atoms with Crippen LogP contribution in [0.1, 0.15) is 33.5 Å². The summed E-state index contributed by atoms with van der Waals surface area (Å²) in [7, 11) is 1.70. The zero-order chi connectivity index (χ0) is 21.4. The molecule has 0 aliphatic carbocycles. The third kappa shape index (κ3) is 3.96. The number of fused-ring (bicyclic) bond motifs is 4. The lowest BCUT2D eigenvalue weighted by Crippen LogP contribution is -2.33. The van der Waals surface area contributed by atoms with Crippen molar-refractivity contribution in [3.05, 3.63) is 56.8 Å². The maximum Gasteiger partial charge on any atom is 0.231 e. The molecule has 0 bridgehead atoms. The minimum Gasteiger partial charge on any atom is -0.478 e. The van der Waals surface area contributed by atoms with E-state index in [1.165, 1.54) is 0 Å². The van der Waals surface area contributed by atoms with Crippen LogP contribution in [0.5, 0.6) is 17.2 Å². The summed E-state index contributed by atoms with van der Waals surface area (Å²) in [5.74, 6) is 2.18. The molecule has 7 nitrogen and oxygen atoms in total. The molecule has 3 heterocycles. The first-order chi connectivity index (χ1) is 15.1. The van der Waals surface area contributed by atoms with Gasteiger partial charge in [0.1, 0.15) is 24.0 Å². The second kappa shape index (κ2) is 8.63. The van der Waals surface area contributed by atoms with Gasteiger partial charge in [-0.1, -0.05) is 15.9 Å². The number of methoxy groups -OCH3 is 1. The van der Waals surface area contributed by atoms with Crippen LogP contribution in [0.4, 0.5) is 0 Å². The number of allylic oxidation sites excluding steroid dienone is 1. The molecule has 162 valence electrons. The first-order valence-electron chi connectivity index (χ1n) is 10.1. The number of nitrogens with zero attached hydrogens (tertiary/aromatic N) is 1.